The molecule has 17 heavy (non-hydrogen) atoms. The largest absolute Gasteiger partial charge is 0.349 e. The minimum Gasteiger partial charge on any atom is -0.349 e. The van der Waals surface area contributed by atoms with Crippen LogP contribution in [0.3, 0.4) is 0 Å². The molecule has 0 spiro atoms. The van der Waals surface area contributed by atoms with Gasteiger partial charge >= 0.3 is 0 Å². The van der Waals surface area contributed by atoms with Crippen LogP contribution < -0.4 is 10.6 Å². The zero-order valence-electron chi connectivity index (χ0n) is 9.66. The second-order valence-electron chi connectivity index (χ2n) is 4.97. The number of aryl methyl sites for hydroxylation is 1. The molecule has 2 atom stereocenters. The van der Waals surface area contributed by atoms with Gasteiger partial charge in [-0.2, -0.15) is 0 Å². The standard InChI is InChI=1S/C13H15ClN2O/c1-7-2-3-8(11(14)4-7)13(17)16-12-9-5-15-6-10(9)12/h2-4,9-10,12,15H,5-6H2,1H3,(H,16,17). The number of carbonyl (C=O) groups is 1. The lowest BCUT2D eigenvalue weighted by Gasteiger charge is -2.09. The average molecular weight is 251 g/mol. The van der Waals surface area contributed by atoms with E-state index in [0.717, 1.165) is 18.7 Å². The van der Waals surface area contributed by atoms with Crippen molar-refractivity contribution < 1.29 is 4.79 Å². The van der Waals surface area contributed by atoms with Gasteiger partial charge in [0.2, 0.25) is 0 Å². The number of hydrogen-bond donors (Lipinski definition) is 2. The molecule has 3 nitrogen and oxygen atoms in total. The van der Waals surface area contributed by atoms with E-state index in [1.165, 1.54) is 0 Å². The fourth-order valence-electron chi connectivity index (χ4n) is 2.67. The van der Waals surface area contributed by atoms with E-state index < -0.39 is 0 Å². The fraction of sp³-hybridized carbons (Fsp3) is 0.462. The normalized spacial score (nSPS) is 29.9. The van der Waals surface area contributed by atoms with Crippen molar-refractivity contribution in [2.45, 2.75) is 13.0 Å². The van der Waals surface area contributed by atoms with Gasteiger partial charge in [0.15, 0.2) is 0 Å². The summed E-state index contributed by atoms with van der Waals surface area (Å²) in [6.07, 6.45) is 0. The Morgan fingerprint density at radius 2 is 2.12 bits per heavy atom. The van der Waals surface area contributed by atoms with E-state index in [-0.39, 0.29) is 5.91 Å². The highest BCUT2D eigenvalue weighted by Crippen LogP contribution is 2.41. The Morgan fingerprint density at radius 3 is 2.76 bits per heavy atom. The number of benzene rings is 1. The highest BCUT2D eigenvalue weighted by atomic mass is 35.5. The maximum atomic E-state index is 12.0. The highest BCUT2D eigenvalue weighted by molar-refractivity contribution is 6.33. The molecule has 0 bridgehead atoms. The smallest absolute Gasteiger partial charge is 0.253 e. The average Bonchev–Trinajstić information content (AvgIpc) is 2.74. The molecule has 1 saturated carbocycles. The Bertz CT molecular complexity index is 464. The molecule has 1 heterocycles. The molecule has 2 unspecified atom stereocenters. The second kappa shape index (κ2) is 4.00. The van der Waals surface area contributed by atoms with Gasteiger partial charge in [0.05, 0.1) is 10.6 Å². The quantitative estimate of drug-likeness (QED) is 0.837. The molecule has 0 aromatic heterocycles. The van der Waals surface area contributed by atoms with Crippen LogP contribution >= 0.6 is 11.6 Å². The third kappa shape index (κ3) is 1.94. The maximum Gasteiger partial charge on any atom is 0.253 e. The Labute approximate surface area is 106 Å². The number of carbonyl (C=O) groups excluding carboxylic acids is 1. The number of rotatable bonds is 2. The van der Waals surface area contributed by atoms with Crippen molar-refractivity contribution in [2.24, 2.45) is 11.8 Å². The van der Waals surface area contributed by atoms with Gasteiger partial charge in [-0.1, -0.05) is 17.7 Å². The van der Waals surface area contributed by atoms with Gasteiger partial charge in [0, 0.05) is 19.1 Å². The second-order valence-corrected chi connectivity index (χ2v) is 5.38. The van der Waals surface area contributed by atoms with Gasteiger partial charge in [0.1, 0.15) is 0 Å². The lowest BCUT2D eigenvalue weighted by atomic mass is 10.1. The lowest BCUT2D eigenvalue weighted by molar-refractivity contribution is 0.0947. The van der Waals surface area contributed by atoms with Crippen LogP contribution in [-0.4, -0.2) is 25.0 Å². The molecule has 2 N–H and O–H groups in total. The predicted octanol–water partition coefficient (Wildman–Crippen LogP) is 1.60. The van der Waals surface area contributed by atoms with Crippen LogP contribution in [0.5, 0.6) is 0 Å². The summed E-state index contributed by atoms with van der Waals surface area (Å²) in [7, 11) is 0. The molecule has 1 amide bonds. The van der Waals surface area contributed by atoms with Gasteiger partial charge in [-0.25, -0.2) is 0 Å². The molecular weight excluding hydrogens is 236 g/mol. The van der Waals surface area contributed by atoms with Crippen LogP contribution in [0.2, 0.25) is 5.02 Å². The molecule has 90 valence electrons. The first-order valence-electron chi connectivity index (χ1n) is 5.94. The minimum atomic E-state index is -0.0469. The zero-order chi connectivity index (χ0) is 12.0. The monoisotopic (exact) mass is 250 g/mol. The Hall–Kier alpha value is -1.06. The highest BCUT2D eigenvalue weighted by Gasteiger charge is 2.53. The Balaban J connectivity index is 1.70. The molecular formula is C13H15ClN2O. The summed E-state index contributed by atoms with van der Waals surface area (Å²) in [5, 5.41) is 6.91. The summed E-state index contributed by atoms with van der Waals surface area (Å²) >= 11 is 6.08. The SMILES string of the molecule is Cc1ccc(C(=O)NC2C3CNCC32)c(Cl)c1. The Morgan fingerprint density at radius 1 is 1.41 bits per heavy atom. The van der Waals surface area contributed by atoms with E-state index in [0.29, 0.717) is 28.5 Å². The molecule has 4 heteroatoms. The van der Waals surface area contributed by atoms with Crippen LogP contribution in [0.25, 0.3) is 0 Å². The van der Waals surface area contributed by atoms with E-state index in [1.54, 1.807) is 6.07 Å². The molecule has 2 fully saturated rings. The number of halogens is 1. The van der Waals surface area contributed by atoms with Gasteiger partial charge < -0.3 is 10.6 Å². The van der Waals surface area contributed by atoms with Crippen LogP contribution in [0.1, 0.15) is 15.9 Å². The lowest BCUT2D eigenvalue weighted by Crippen LogP contribution is -2.32. The van der Waals surface area contributed by atoms with Crippen LogP contribution in [0, 0.1) is 18.8 Å². The molecule has 1 aliphatic heterocycles. The van der Waals surface area contributed by atoms with E-state index in [9.17, 15) is 4.79 Å². The first-order valence-corrected chi connectivity index (χ1v) is 6.32. The van der Waals surface area contributed by atoms with E-state index in [1.807, 2.05) is 19.1 Å². The van der Waals surface area contributed by atoms with Crippen molar-refractivity contribution in [3.8, 4) is 0 Å². The molecule has 1 saturated heterocycles. The maximum absolute atomic E-state index is 12.0. The zero-order valence-corrected chi connectivity index (χ0v) is 10.4. The van der Waals surface area contributed by atoms with Gasteiger partial charge in [0.25, 0.3) is 5.91 Å². The number of amides is 1. The van der Waals surface area contributed by atoms with Crippen LogP contribution in [0.4, 0.5) is 0 Å². The number of nitrogens with one attached hydrogen (secondary N) is 2. The van der Waals surface area contributed by atoms with Crippen molar-refractivity contribution in [1.29, 1.82) is 0 Å². The number of fused-ring (bicyclic) bond motifs is 1. The van der Waals surface area contributed by atoms with Crippen LogP contribution in [-0.2, 0) is 0 Å². The molecule has 2 aliphatic rings. The third-order valence-corrected chi connectivity index (χ3v) is 4.07. The van der Waals surface area contributed by atoms with Gasteiger partial charge in [-0.15, -0.1) is 0 Å². The first-order chi connectivity index (χ1) is 8.16. The summed E-state index contributed by atoms with van der Waals surface area (Å²) in [5.41, 5.74) is 1.65. The van der Waals surface area contributed by atoms with Crippen molar-refractivity contribution in [1.82, 2.24) is 10.6 Å². The molecule has 1 aromatic rings. The molecule has 3 rings (SSSR count). The van der Waals surface area contributed by atoms with Crippen molar-refractivity contribution in [3.63, 3.8) is 0 Å². The minimum absolute atomic E-state index is 0.0469. The topological polar surface area (TPSA) is 41.1 Å². The van der Waals surface area contributed by atoms with E-state index in [2.05, 4.69) is 10.6 Å². The van der Waals surface area contributed by atoms with Crippen molar-refractivity contribution in [3.05, 3.63) is 34.3 Å². The molecule has 1 aliphatic carbocycles. The van der Waals surface area contributed by atoms with E-state index in [4.69, 9.17) is 11.6 Å². The number of hydrogen-bond acceptors (Lipinski definition) is 2. The summed E-state index contributed by atoms with van der Waals surface area (Å²) in [6.45, 7) is 4.01. The fourth-order valence-corrected chi connectivity index (χ4v) is 2.99. The van der Waals surface area contributed by atoms with Crippen LogP contribution in [0.15, 0.2) is 18.2 Å². The molecule has 0 radical (unpaired) electrons. The van der Waals surface area contributed by atoms with Gasteiger partial charge in [-0.3, -0.25) is 4.79 Å². The Kier molecular flexibility index (Phi) is 2.60. The first kappa shape index (κ1) is 11.1. The summed E-state index contributed by atoms with van der Waals surface area (Å²) in [6, 6.07) is 5.88. The summed E-state index contributed by atoms with van der Waals surface area (Å²) < 4.78 is 0. The van der Waals surface area contributed by atoms with Crippen molar-refractivity contribution >= 4 is 17.5 Å². The third-order valence-electron chi connectivity index (χ3n) is 3.76. The predicted molar refractivity (Wildman–Crippen MR) is 67.3 cm³/mol. The van der Waals surface area contributed by atoms with Gasteiger partial charge in [-0.05, 0) is 36.5 Å². The summed E-state index contributed by atoms with van der Waals surface area (Å²) in [4.78, 5) is 12.0. The molecule has 1 aromatic carbocycles. The number of piperidine rings is 1. The summed E-state index contributed by atoms with van der Waals surface area (Å²) in [5.74, 6) is 1.21. The van der Waals surface area contributed by atoms with Crippen molar-refractivity contribution in [2.75, 3.05) is 13.1 Å². The van der Waals surface area contributed by atoms with E-state index >= 15 is 0 Å².